The molecule has 0 unspecified atom stereocenters. The van der Waals surface area contributed by atoms with Crippen LogP contribution in [0.2, 0.25) is 0 Å². The number of benzene rings is 8. The summed E-state index contributed by atoms with van der Waals surface area (Å²) in [6.07, 6.45) is 0. The van der Waals surface area contributed by atoms with Crippen molar-refractivity contribution in [1.29, 1.82) is 0 Å². The van der Waals surface area contributed by atoms with E-state index in [4.69, 9.17) is 19.4 Å². The molecule has 2 heterocycles. The average molecular weight is 626 g/mol. The fourth-order valence-corrected chi connectivity index (χ4v) is 7.14. The highest BCUT2D eigenvalue weighted by molar-refractivity contribution is 6.15. The fourth-order valence-electron chi connectivity index (χ4n) is 7.14. The molecule has 4 heteroatoms. The van der Waals surface area contributed by atoms with Gasteiger partial charge >= 0.3 is 0 Å². The molecule has 0 atom stereocenters. The molecule has 0 aliphatic carbocycles. The van der Waals surface area contributed by atoms with Crippen LogP contribution in [-0.2, 0) is 0 Å². The minimum Gasteiger partial charge on any atom is -0.456 e. The van der Waals surface area contributed by atoms with Gasteiger partial charge in [0.2, 0.25) is 0 Å². The van der Waals surface area contributed by atoms with Crippen molar-refractivity contribution in [3.8, 4) is 45.3 Å². The summed E-state index contributed by atoms with van der Waals surface area (Å²) in [6.45, 7) is 0. The van der Waals surface area contributed by atoms with Gasteiger partial charge in [0.15, 0.2) is 17.5 Å². The predicted molar refractivity (Wildman–Crippen MR) is 201 cm³/mol. The summed E-state index contributed by atoms with van der Waals surface area (Å²) in [5, 5.41) is 8.87. The molecule has 4 nitrogen and oxygen atoms in total. The molecule has 8 aromatic carbocycles. The first kappa shape index (κ1) is 27.5. The van der Waals surface area contributed by atoms with Crippen LogP contribution in [0.4, 0.5) is 0 Å². The minimum atomic E-state index is 0.603. The second-order valence-electron chi connectivity index (χ2n) is 12.4. The van der Waals surface area contributed by atoms with E-state index < -0.39 is 0 Å². The molecule has 0 amide bonds. The maximum Gasteiger partial charge on any atom is 0.164 e. The number of nitrogens with zero attached hydrogens (tertiary/aromatic N) is 3. The Morgan fingerprint density at radius 3 is 1.73 bits per heavy atom. The van der Waals surface area contributed by atoms with Crippen LogP contribution in [0, 0.1) is 0 Å². The third kappa shape index (κ3) is 4.57. The largest absolute Gasteiger partial charge is 0.456 e. The number of hydrogen-bond acceptors (Lipinski definition) is 4. The normalized spacial score (nSPS) is 11.7. The molecule has 0 aliphatic heterocycles. The van der Waals surface area contributed by atoms with Crippen LogP contribution < -0.4 is 0 Å². The van der Waals surface area contributed by atoms with Crippen molar-refractivity contribution in [3.05, 3.63) is 164 Å². The molecule has 0 saturated heterocycles. The first-order chi connectivity index (χ1) is 24.3. The highest BCUT2D eigenvalue weighted by atomic mass is 16.3. The molecule has 0 aliphatic rings. The van der Waals surface area contributed by atoms with Gasteiger partial charge in [-0.15, -0.1) is 0 Å². The van der Waals surface area contributed by atoms with Crippen LogP contribution in [0.15, 0.2) is 168 Å². The van der Waals surface area contributed by atoms with Crippen LogP contribution in [0.5, 0.6) is 0 Å². The van der Waals surface area contributed by atoms with E-state index in [-0.39, 0.29) is 0 Å². The van der Waals surface area contributed by atoms with Crippen LogP contribution in [0.3, 0.4) is 0 Å². The van der Waals surface area contributed by atoms with Gasteiger partial charge in [-0.3, -0.25) is 0 Å². The molecular weight excluding hydrogens is 599 g/mol. The van der Waals surface area contributed by atoms with Gasteiger partial charge in [0.25, 0.3) is 0 Å². The topological polar surface area (TPSA) is 51.8 Å². The summed E-state index contributed by atoms with van der Waals surface area (Å²) >= 11 is 0. The monoisotopic (exact) mass is 625 g/mol. The third-order valence-electron chi connectivity index (χ3n) is 9.50. The molecule has 0 bridgehead atoms. The highest BCUT2D eigenvalue weighted by Gasteiger charge is 2.20. The molecule has 10 rings (SSSR count). The van der Waals surface area contributed by atoms with E-state index in [2.05, 4.69) is 146 Å². The fraction of sp³-hybridized carbons (Fsp3) is 0. The van der Waals surface area contributed by atoms with E-state index in [1.54, 1.807) is 0 Å². The van der Waals surface area contributed by atoms with E-state index >= 15 is 0 Å². The molecule has 0 N–H and O–H groups in total. The lowest BCUT2D eigenvalue weighted by Gasteiger charge is -2.13. The van der Waals surface area contributed by atoms with Crippen molar-refractivity contribution in [2.75, 3.05) is 0 Å². The van der Waals surface area contributed by atoms with Crippen molar-refractivity contribution in [3.63, 3.8) is 0 Å². The van der Waals surface area contributed by atoms with Gasteiger partial charge in [-0.05, 0) is 73.8 Å². The van der Waals surface area contributed by atoms with Gasteiger partial charge in [-0.2, -0.15) is 0 Å². The Morgan fingerprint density at radius 1 is 0.327 bits per heavy atom. The molecule has 0 saturated carbocycles. The van der Waals surface area contributed by atoms with Gasteiger partial charge in [0.1, 0.15) is 11.2 Å². The molecule has 49 heavy (non-hydrogen) atoms. The van der Waals surface area contributed by atoms with Crippen molar-refractivity contribution < 1.29 is 4.42 Å². The molecule has 0 fully saturated rings. The lowest BCUT2D eigenvalue weighted by atomic mass is 9.94. The molecule has 0 radical (unpaired) electrons. The van der Waals surface area contributed by atoms with Gasteiger partial charge in [-0.1, -0.05) is 133 Å². The van der Waals surface area contributed by atoms with E-state index in [1.807, 2.05) is 18.2 Å². The first-order valence-electron chi connectivity index (χ1n) is 16.4. The lowest BCUT2D eigenvalue weighted by Crippen LogP contribution is -2.01. The quantitative estimate of drug-likeness (QED) is 0.195. The Kier molecular flexibility index (Phi) is 6.15. The molecule has 10 aromatic rings. The minimum absolute atomic E-state index is 0.603. The second kappa shape index (κ2) is 11.0. The van der Waals surface area contributed by atoms with Gasteiger partial charge in [0, 0.05) is 27.5 Å². The van der Waals surface area contributed by atoms with Crippen LogP contribution in [-0.4, -0.2) is 15.0 Å². The SMILES string of the molecule is c1ccc(-c2ccc(-c3nc(-c4ccc5ccccc5c4)nc(-c4cccc5oc6cc7ccccc7cc6c45)n3)c3ccccc23)cc1. The molecular formula is C45H27N3O. The number of furan rings is 1. The summed E-state index contributed by atoms with van der Waals surface area (Å²) in [7, 11) is 0. The Bertz CT molecular complexity index is 2890. The van der Waals surface area contributed by atoms with Gasteiger partial charge < -0.3 is 4.42 Å². The predicted octanol–water partition coefficient (Wildman–Crippen LogP) is 11.9. The number of rotatable bonds is 4. The lowest BCUT2D eigenvalue weighted by molar-refractivity contribution is 0.669. The molecule has 0 spiro atoms. The third-order valence-corrected chi connectivity index (χ3v) is 9.50. The van der Waals surface area contributed by atoms with Gasteiger partial charge in [0.05, 0.1) is 0 Å². The smallest absolute Gasteiger partial charge is 0.164 e. The Labute approximate surface area is 282 Å². The summed E-state index contributed by atoms with van der Waals surface area (Å²) in [4.78, 5) is 15.6. The van der Waals surface area contributed by atoms with Crippen molar-refractivity contribution in [1.82, 2.24) is 15.0 Å². The average Bonchev–Trinajstić information content (AvgIpc) is 3.54. The van der Waals surface area contributed by atoms with Crippen molar-refractivity contribution in [2.24, 2.45) is 0 Å². The zero-order chi connectivity index (χ0) is 32.3. The summed E-state index contributed by atoms with van der Waals surface area (Å²) in [5.74, 6) is 1.85. The zero-order valence-corrected chi connectivity index (χ0v) is 26.3. The Morgan fingerprint density at radius 2 is 0.939 bits per heavy atom. The maximum absolute atomic E-state index is 6.44. The standard InChI is InChI=1S/C45H27N3O/c1-2-12-29(13-3-1)34-23-24-37(36-18-9-8-17-35(34)36)44-46-43(33-22-21-28-11-4-5-14-30(28)25-33)47-45(48-44)38-19-10-20-40-42(38)39-26-31-15-6-7-16-32(31)27-41(39)49-40/h1-27H. The number of hydrogen-bond donors (Lipinski definition) is 0. The summed E-state index contributed by atoms with van der Waals surface area (Å²) in [6, 6.07) is 56.9. The summed E-state index contributed by atoms with van der Waals surface area (Å²) < 4.78 is 6.44. The van der Waals surface area contributed by atoms with Crippen molar-refractivity contribution >= 4 is 54.3 Å². The summed E-state index contributed by atoms with van der Waals surface area (Å²) in [5.41, 5.74) is 6.78. The Balaban J connectivity index is 1.25. The van der Waals surface area contributed by atoms with Crippen LogP contribution in [0.1, 0.15) is 0 Å². The second-order valence-corrected chi connectivity index (χ2v) is 12.4. The highest BCUT2D eigenvalue weighted by Crippen LogP contribution is 2.40. The van der Waals surface area contributed by atoms with E-state index in [9.17, 15) is 0 Å². The Hall–Kier alpha value is -6.65. The number of aromatic nitrogens is 3. The maximum atomic E-state index is 6.44. The van der Waals surface area contributed by atoms with E-state index in [0.29, 0.717) is 17.5 Å². The first-order valence-corrected chi connectivity index (χ1v) is 16.4. The van der Waals surface area contributed by atoms with E-state index in [1.165, 1.54) is 16.5 Å². The van der Waals surface area contributed by atoms with Gasteiger partial charge in [-0.25, -0.2) is 15.0 Å². The molecule has 228 valence electrons. The zero-order valence-electron chi connectivity index (χ0n) is 26.3. The van der Waals surface area contributed by atoms with Crippen molar-refractivity contribution in [2.45, 2.75) is 0 Å². The van der Waals surface area contributed by atoms with Crippen LogP contribution >= 0.6 is 0 Å². The van der Waals surface area contributed by atoms with Crippen LogP contribution in [0.25, 0.3) is 99.5 Å². The van der Waals surface area contributed by atoms with E-state index in [0.717, 1.165) is 65.6 Å². The number of fused-ring (bicyclic) bond motifs is 6. The molecule has 2 aromatic heterocycles.